The zero-order valence-corrected chi connectivity index (χ0v) is 10.5. The summed E-state index contributed by atoms with van der Waals surface area (Å²) in [5.41, 5.74) is 1.07. The maximum Gasteiger partial charge on any atom is 0.186 e. The number of fused-ring (bicyclic) bond motifs is 1. The lowest BCUT2D eigenvalue weighted by Crippen LogP contribution is -2.14. The third-order valence-electron chi connectivity index (χ3n) is 2.14. The van der Waals surface area contributed by atoms with Crippen LogP contribution < -0.4 is 4.90 Å². The first kappa shape index (κ1) is 9.93. The van der Waals surface area contributed by atoms with Crippen molar-refractivity contribution in [3.05, 3.63) is 22.7 Å². The molecule has 2 nitrogen and oxygen atoms in total. The Labute approximate surface area is 95.7 Å². The van der Waals surface area contributed by atoms with Crippen molar-refractivity contribution in [2.75, 3.05) is 18.5 Å². The molecule has 74 valence electrons. The minimum absolute atomic E-state index is 0.987. The van der Waals surface area contributed by atoms with E-state index in [4.69, 9.17) is 0 Å². The van der Waals surface area contributed by atoms with Crippen LogP contribution in [0.3, 0.4) is 0 Å². The molecule has 0 spiro atoms. The Hall–Kier alpha value is -0.610. The van der Waals surface area contributed by atoms with E-state index in [-0.39, 0.29) is 0 Å². The predicted molar refractivity (Wildman–Crippen MR) is 66.3 cm³/mol. The summed E-state index contributed by atoms with van der Waals surface area (Å²) >= 11 is 5.18. The first-order chi connectivity index (χ1) is 6.70. The van der Waals surface area contributed by atoms with Crippen LogP contribution in [0, 0.1) is 0 Å². The second kappa shape index (κ2) is 3.87. The normalized spacial score (nSPS) is 10.8. The zero-order chi connectivity index (χ0) is 10.1. The fourth-order valence-corrected chi connectivity index (χ4v) is 2.51. The number of benzene rings is 1. The topological polar surface area (TPSA) is 16.1 Å². The molecule has 0 radical (unpaired) electrons. The van der Waals surface area contributed by atoms with E-state index in [9.17, 15) is 0 Å². The molecule has 1 aromatic heterocycles. The zero-order valence-electron chi connectivity index (χ0n) is 8.12. The van der Waals surface area contributed by atoms with Crippen molar-refractivity contribution in [2.24, 2.45) is 0 Å². The molecule has 0 bridgehead atoms. The van der Waals surface area contributed by atoms with Crippen molar-refractivity contribution in [1.29, 1.82) is 0 Å². The molecule has 0 N–H and O–H groups in total. The molecule has 0 aliphatic carbocycles. The molecule has 2 aromatic rings. The van der Waals surface area contributed by atoms with Gasteiger partial charge in [-0.05, 0) is 25.1 Å². The van der Waals surface area contributed by atoms with Gasteiger partial charge in [-0.2, -0.15) is 0 Å². The van der Waals surface area contributed by atoms with Crippen LogP contribution >= 0.6 is 27.3 Å². The summed E-state index contributed by atoms with van der Waals surface area (Å²) in [4.78, 5) is 6.71. The molecule has 0 aliphatic rings. The second-order valence-electron chi connectivity index (χ2n) is 3.12. The van der Waals surface area contributed by atoms with Gasteiger partial charge in [-0.25, -0.2) is 4.98 Å². The lowest BCUT2D eigenvalue weighted by atomic mass is 10.3. The van der Waals surface area contributed by atoms with E-state index in [1.807, 2.05) is 0 Å². The first-order valence-corrected chi connectivity index (χ1v) is 6.09. The maximum atomic E-state index is 4.56. The van der Waals surface area contributed by atoms with Crippen LogP contribution in [0.2, 0.25) is 0 Å². The first-order valence-electron chi connectivity index (χ1n) is 4.48. The summed E-state index contributed by atoms with van der Waals surface area (Å²) in [5.74, 6) is 0. The molecule has 0 saturated heterocycles. The third-order valence-corrected chi connectivity index (χ3v) is 3.78. The third kappa shape index (κ3) is 1.77. The van der Waals surface area contributed by atoms with E-state index in [1.54, 1.807) is 11.3 Å². The van der Waals surface area contributed by atoms with Crippen molar-refractivity contribution in [3.8, 4) is 0 Å². The summed E-state index contributed by atoms with van der Waals surface area (Å²) in [7, 11) is 2.06. The predicted octanol–water partition coefficient (Wildman–Crippen LogP) is 3.51. The van der Waals surface area contributed by atoms with E-state index in [0.717, 1.165) is 21.7 Å². The second-order valence-corrected chi connectivity index (χ2v) is 5.05. The van der Waals surface area contributed by atoms with E-state index in [0.29, 0.717) is 0 Å². The van der Waals surface area contributed by atoms with Crippen molar-refractivity contribution >= 4 is 42.6 Å². The molecule has 4 heteroatoms. The van der Waals surface area contributed by atoms with E-state index in [2.05, 4.69) is 58.0 Å². The van der Waals surface area contributed by atoms with Gasteiger partial charge in [0.15, 0.2) is 5.13 Å². The molecule has 0 atom stereocenters. The van der Waals surface area contributed by atoms with E-state index in [1.165, 1.54) is 4.70 Å². The number of hydrogen-bond acceptors (Lipinski definition) is 3. The highest BCUT2D eigenvalue weighted by Gasteiger charge is 2.06. The maximum absolute atomic E-state index is 4.56. The lowest BCUT2D eigenvalue weighted by molar-refractivity contribution is 0.961. The standard InChI is InChI=1S/C10H11BrN2S/c1-3-13(2)10-12-8-6-7(11)4-5-9(8)14-10/h4-6H,3H2,1-2H3. The van der Waals surface area contributed by atoms with Crippen LogP contribution in [-0.2, 0) is 0 Å². The fourth-order valence-electron chi connectivity index (χ4n) is 1.19. The van der Waals surface area contributed by atoms with Crippen LogP contribution in [0.25, 0.3) is 10.2 Å². The SMILES string of the molecule is CCN(C)c1nc2cc(Br)ccc2s1. The number of rotatable bonds is 2. The van der Waals surface area contributed by atoms with Gasteiger partial charge in [0.05, 0.1) is 10.2 Å². The van der Waals surface area contributed by atoms with Gasteiger partial charge in [0.1, 0.15) is 0 Å². The smallest absolute Gasteiger partial charge is 0.186 e. The van der Waals surface area contributed by atoms with Crippen LogP contribution in [0.4, 0.5) is 5.13 Å². The van der Waals surface area contributed by atoms with Crippen molar-refractivity contribution < 1.29 is 0 Å². The molecule has 2 rings (SSSR count). The molecular weight excluding hydrogens is 260 g/mol. The van der Waals surface area contributed by atoms with Gasteiger partial charge in [-0.3, -0.25) is 0 Å². The highest BCUT2D eigenvalue weighted by atomic mass is 79.9. The van der Waals surface area contributed by atoms with Gasteiger partial charge in [0.2, 0.25) is 0 Å². The largest absolute Gasteiger partial charge is 0.351 e. The summed E-state index contributed by atoms with van der Waals surface area (Å²) in [6.07, 6.45) is 0. The van der Waals surface area contributed by atoms with Gasteiger partial charge >= 0.3 is 0 Å². The van der Waals surface area contributed by atoms with Gasteiger partial charge in [0, 0.05) is 18.1 Å². The highest BCUT2D eigenvalue weighted by Crippen LogP contribution is 2.29. The average Bonchev–Trinajstić information content (AvgIpc) is 2.59. The number of halogens is 1. The Morgan fingerprint density at radius 2 is 2.29 bits per heavy atom. The highest BCUT2D eigenvalue weighted by molar-refractivity contribution is 9.10. The molecule has 0 aliphatic heterocycles. The van der Waals surface area contributed by atoms with E-state index < -0.39 is 0 Å². The Morgan fingerprint density at radius 1 is 1.50 bits per heavy atom. The number of nitrogens with zero attached hydrogens (tertiary/aromatic N) is 2. The lowest BCUT2D eigenvalue weighted by Gasteiger charge is -2.10. The van der Waals surface area contributed by atoms with Crippen LogP contribution in [0.5, 0.6) is 0 Å². The van der Waals surface area contributed by atoms with Crippen molar-refractivity contribution in [1.82, 2.24) is 4.98 Å². The van der Waals surface area contributed by atoms with Gasteiger partial charge in [-0.15, -0.1) is 0 Å². The molecule has 1 aromatic carbocycles. The Kier molecular flexibility index (Phi) is 2.74. The average molecular weight is 271 g/mol. The number of thiazole rings is 1. The molecule has 0 amide bonds. The van der Waals surface area contributed by atoms with Crippen LogP contribution in [0.15, 0.2) is 22.7 Å². The summed E-state index contributed by atoms with van der Waals surface area (Å²) in [5, 5.41) is 1.08. The van der Waals surface area contributed by atoms with Gasteiger partial charge in [0.25, 0.3) is 0 Å². The Bertz CT molecular complexity index is 452. The van der Waals surface area contributed by atoms with Gasteiger partial charge < -0.3 is 4.90 Å². The van der Waals surface area contributed by atoms with Crippen LogP contribution in [0.1, 0.15) is 6.92 Å². The fraction of sp³-hybridized carbons (Fsp3) is 0.300. The van der Waals surface area contributed by atoms with E-state index >= 15 is 0 Å². The molecule has 0 saturated carbocycles. The molecule has 0 fully saturated rings. The monoisotopic (exact) mass is 270 g/mol. The number of aromatic nitrogens is 1. The summed E-state index contributed by atoms with van der Waals surface area (Å²) < 4.78 is 2.32. The summed E-state index contributed by atoms with van der Waals surface area (Å²) in [6.45, 7) is 3.11. The van der Waals surface area contributed by atoms with Crippen LogP contribution in [-0.4, -0.2) is 18.6 Å². The van der Waals surface area contributed by atoms with Gasteiger partial charge in [-0.1, -0.05) is 27.3 Å². The molecular formula is C10H11BrN2S. The minimum Gasteiger partial charge on any atom is -0.351 e. The Balaban J connectivity index is 2.51. The number of hydrogen-bond donors (Lipinski definition) is 0. The van der Waals surface area contributed by atoms with Crippen molar-refractivity contribution in [3.63, 3.8) is 0 Å². The number of anilines is 1. The summed E-state index contributed by atoms with van der Waals surface area (Å²) in [6, 6.07) is 6.21. The minimum atomic E-state index is 0.987. The molecule has 0 unspecified atom stereocenters. The Morgan fingerprint density at radius 3 is 3.00 bits per heavy atom. The molecule has 1 heterocycles. The quantitative estimate of drug-likeness (QED) is 0.830. The molecule has 14 heavy (non-hydrogen) atoms. The van der Waals surface area contributed by atoms with Crippen molar-refractivity contribution in [2.45, 2.75) is 6.92 Å².